The third-order valence-corrected chi connectivity index (χ3v) is 4.99. The fourth-order valence-electron chi connectivity index (χ4n) is 3.38. The highest BCUT2D eigenvalue weighted by molar-refractivity contribution is 5.74. The van der Waals surface area contributed by atoms with Gasteiger partial charge < -0.3 is 14.4 Å². The van der Waals surface area contributed by atoms with Crippen LogP contribution in [-0.2, 0) is 32.5 Å². The number of carbonyl (C=O) groups is 2. The smallest absolute Gasteiger partial charge is 0.416 e. The molecule has 0 aromatic heterocycles. The molecule has 0 aliphatic carbocycles. The number of ether oxygens (including phenoxy) is 2. The van der Waals surface area contributed by atoms with Gasteiger partial charge >= 0.3 is 18.2 Å². The Morgan fingerprint density at radius 2 is 1.66 bits per heavy atom. The second-order valence-electron chi connectivity index (χ2n) is 7.00. The Kier molecular flexibility index (Phi) is 5.81. The van der Waals surface area contributed by atoms with E-state index in [9.17, 15) is 22.8 Å². The van der Waals surface area contributed by atoms with Crippen LogP contribution in [0.5, 0.6) is 0 Å². The number of methoxy groups -OCH3 is 1. The molecule has 0 atom stereocenters. The van der Waals surface area contributed by atoms with Crippen molar-refractivity contribution in [2.45, 2.75) is 24.6 Å². The lowest BCUT2D eigenvalue weighted by molar-refractivity contribution is -0.144. The SMILES string of the molecule is COC(=O)CC1(c2ccc(C(F)(F)F)cc2)CN(C(=O)OCc2ccccc2)C1. The fraction of sp³-hybridized carbons (Fsp3) is 0.333. The zero-order valence-electron chi connectivity index (χ0n) is 15.7. The second kappa shape index (κ2) is 8.14. The van der Waals surface area contributed by atoms with Crippen LogP contribution in [0.4, 0.5) is 18.0 Å². The first-order valence-electron chi connectivity index (χ1n) is 8.94. The number of halogens is 3. The molecule has 1 aliphatic rings. The molecule has 0 spiro atoms. The zero-order valence-corrected chi connectivity index (χ0v) is 15.7. The molecule has 0 unspecified atom stereocenters. The Morgan fingerprint density at radius 1 is 1.03 bits per heavy atom. The lowest BCUT2D eigenvalue weighted by Gasteiger charge is -2.49. The molecule has 2 aromatic rings. The first kappa shape index (κ1) is 20.7. The van der Waals surface area contributed by atoms with E-state index >= 15 is 0 Å². The number of rotatable bonds is 5. The zero-order chi connectivity index (χ0) is 21.1. The molecule has 0 N–H and O–H groups in total. The van der Waals surface area contributed by atoms with Crippen molar-refractivity contribution in [3.8, 4) is 0 Å². The Labute approximate surface area is 166 Å². The first-order valence-corrected chi connectivity index (χ1v) is 8.94. The average Bonchev–Trinajstić information content (AvgIpc) is 2.68. The number of hydrogen-bond acceptors (Lipinski definition) is 4. The van der Waals surface area contributed by atoms with Crippen molar-refractivity contribution in [2.75, 3.05) is 20.2 Å². The predicted molar refractivity (Wildman–Crippen MR) is 98.0 cm³/mol. The van der Waals surface area contributed by atoms with E-state index in [0.717, 1.165) is 17.7 Å². The van der Waals surface area contributed by atoms with E-state index in [2.05, 4.69) is 0 Å². The van der Waals surface area contributed by atoms with Gasteiger partial charge in [-0.05, 0) is 23.3 Å². The third-order valence-electron chi connectivity index (χ3n) is 4.99. The molecule has 154 valence electrons. The number of likely N-dealkylation sites (tertiary alicyclic amines) is 1. The van der Waals surface area contributed by atoms with Crippen LogP contribution in [0.1, 0.15) is 23.1 Å². The molecule has 1 amide bonds. The van der Waals surface area contributed by atoms with Crippen molar-refractivity contribution in [2.24, 2.45) is 0 Å². The van der Waals surface area contributed by atoms with Crippen molar-refractivity contribution in [3.63, 3.8) is 0 Å². The van der Waals surface area contributed by atoms with Gasteiger partial charge in [0.05, 0.1) is 19.1 Å². The molecule has 0 saturated carbocycles. The quantitative estimate of drug-likeness (QED) is 0.699. The number of benzene rings is 2. The van der Waals surface area contributed by atoms with E-state index in [1.165, 1.54) is 24.1 Å². The van der Waals surface area contributed by atoms with E-state index in [4.69, 9.17) is 9.47 Å². The van der Waals surface area contributed by atoms with Crippen LogP contribution in [0, 0.1) is 0 Å². The average molecular weight is 407 g/mol. The van der Waals surface area contributed by atoms with Crippen LogP contribution in [0.2, 0.25) is 0 Å². The monoisotopic (exact) mass is 407 g/mol. The van der Waals surface area contributed by atoms with E-state index in [1.54, 1.807) is 0 Å². The van der Waals surface area contributed by atoms with Crippen molar-refractivity contribution >= 4 is 12.1 Å². The molecule has 1 saturated heterocycles. The van der Waals surface area contributed by atoms with Crippen LogP contribution < -0.4 is 0 Å². The molecular weight excluding hydrogens is 387 g/mol. The second-order valence-corrected chi connectivity index (χ2v) is 7.00. The maximum absolute atomic E-state index is 12.8. The molecule has 29 heavy (non-hydrogen) atoms. The highest BCUT2D eigenvalue weighted by Crippen LogP contribution is 2.40. The molecule has 1 heterocycles. The van der Waals surface area contributed by atoms with Crippen molar-refractivity contribution in [3.05, 3.63) is 71.3 Å². The number of amides is 1. The number of nitrogens with zero attached hydrogens (tertiary/aromatic N) is 1. The maximum atomic E-state index is 12.8. The first-order chi connectivity index (χ1) is 13.7. The number of carbonyl (C=O) groups excluding carboxylic acids is 2. The van der Waals surface area contributed by atoms with Gasteiger partial charge in [-0.1, -0.05) is 42.5 Å². The minimum Gasteiger partial charge on any atom is -0.469 e. The molecule has 0 bridgehead atoms. The van der Waals surface area contributed by atoms with Gasteiger partial charge in [-0.15, -0.1) is 0 Å². The van der Waals surface area contributed by atoms with E-state index in [-0.39, 0.29) is 26.1 Å². The van der Waals surface area contributed by atoms with Gasteiger partial charge in [0.25, 0.3) is 0 Å². The summed E-state index contributed by atoms with van der Waals surface area (Å²) < 4.78 is 48.5. The Hall–Kier alpha value is -3.03. The minimum absolute atomic E-state index is 0.0443. The Bertz CT molecular complexity index is 860. The molecule has 3 rings (SSSR count). The van der Waals surface area contributed by atoms with E-state index in [0.29, 0.717) is 5.56 Å². The van der Waals surface area contributed by atoms with Gasteiger partial charge in [0.15, 0.2) is 0 Å². The van der Waals surface area contributed by atoms with Crippen molar-refractivity contribution < 1.29 is 32.2 Å². The predicted octanol–water partition coefficient (Wildman–Crippen LogP) is 4.16. The molecule has 8 heteroatoms. The van der Waals surface area contributed by atoms with Crippen molar-refractivity contribution in [1.29, 1.82) is 0 Å². The summed E-state index contributed by atoms with van der Waals surface area (Å²) in [5.74, 6) is -0.498. The Balaban J connectivity index is 1.69. The van der Waals surface area contributed by atoms with E-state index < -0.39 is 29.2 Å². The van der Waals surface area contributed by atoms with Gasteiger partial charge in [-0.25, -0.2) is 4.79 Å². The summed E-state index contributed by atoms with van der Waals surface area (Å²) in [4.78, 5) is 25.6. The standard InChI is InChI=1S/C21H20F3NO4/c1-28-18(26)11-20(16-7-9-17(10-8-16)21(22,23)24)13-25(14-20)19(27)29-12-15-5-3-2-4-6-15/h2-10H,11-14H2,1H3. The van der Waals surface area contributed by atoms with Gasteiger partial charge in [-0.2, -0.15) is 13.2 Å². The fourth-order valence-corrected chi connectivity index (χ4v) is 3.38. The Morgan fingerprint density at radius 3 is 2.21 bits per heavy atom. The molecule has 1 aliphatic heterocycles. The van der Waals surface area contributed by atoms with Crippen LogP contribution in [0.3, 0.4) is 0 Å². The molecule has 0 radical (unpaired) electrons. The molecular formula is C21H20F3NO4. The lowest BCUT2D eigenvalue weighted by atomic mass is 9.71. The van der Waals surface area contributed by atoms with Gasteiger partial charge in [0.2, 0.25) is 0 Å². The summed E-state index contributed by atoms with van der Waals surface area (Å²) in [5.41, 5.74) is -0.191. The highest BCUT2D eigenvalue weighted by atomic mass is 19.4. The van der Waals surface area contributed by atoms with Crippen LogP contribution in [0.25, 0.3) is 0 Å². The van der Waals surface area contributed by atoms with Crippen LogP contribution >= 0.6 is 0 Å². The van der Waals surface area contributed by atoms with E-state index in [1.807, 2.05) is 30.3 Å². The summed E-state index contributed by atoms with van der Waals surface area (Å²) in [7, 11) is 1.24. The summed E-state index contributed by atoms with van der Waals surface area (Å²) in [5, 5.41) is 0. The lowest BCUT2D eigenvalue weighted by Crippen LogP contribution is -2.62. The summed E-state index contributed by atoms with van der Waals surface area (Å²) in [6.07, 6.45) is -5.03. The summed E-state index contributed by atoms with van der Waals surface area (Å²) >= 11 is 0. The topological polar surface area (TPSA) is 55.8 Å². The molecule has 1 fully saturated rings. The molecule has 2 aromatic carbocycles. The summed E-state index contributed by atoms with van der Waals surface area (Å²) in [6.45, 7) is 0.419. The van der Waals surface area contributed by atoms with Gasteiger partial charge in [0, 0.05) is 18.5 Å². The maximum Gasteiger partial charge on any atom is 0.416 e. The van der Waals surface area contributed by atoms with Crippen molar-refractivity contribution in [1.82, 2.24) is 4.90 Å². The number of esters is 1. The normalized spacial score (nSPS) is 15.4. The summed E-state index contributed by atoms with van der Waals surface area (Å²) in [6, 6.07) is 13.8. The largest absolute Gasteiger partial charge is 0.469 e. The minimum atomic E-state index is -4.44. The number of hydrogen-bond donors (Lipinski definition) is 0. The molecule has 5 nitrogen and oxygen atoms in total. The highest BCUT2D eigenvalue weighted by Gasteiger charge is 2.49. The van der Waals surface area contributed by atoms with Gasteiger partial charge in [0.1, 0.15) is 6.61 Å². The van der Waals surface area contributed by atoms with Crippen LogP contribution in [-0.4, -0.2) is 37.2 Å². The van der Waals surface area contributed by atoms with Gasteiger partial charge in [-0.3, -0.25) is 4.79 Å². The number of alkyl halides is 3. The van der Waals surface area contributed by atoms with Crippen LogP contribution in [0.15, 0.2) is 54.6 Å². The third kappa shape index (κ3) is 4.70.